The number of nitrogens with zero attached hydrogens (tertiary/aromatic N) is 4. The number of rotatable bonds is 7. The van der Waals surface area contributed by atoms with Crippen molar-refractivity contribution in [3.05, 3.63) is 65.1 Å². The number of anilines is 2. The SMILES string of the molecule is CS/C(C)=C(\c1ccnc(Nc2cnn(C)c2)n1)c1ccccc1OC(C)C. The highest BCUT2D eigenvalue weighted by molar-refractivity contribution is 8.02. The zero-order valence-corrected chi connectivity index (χ0v) is 17.6. The summed E-state index contributed by atoms with van der Waals surface area (Å²) < 4.78 is 7.79. The molecule has 0 aliphatic heterocycles. The Kier molecular flexibility index (Phi) is 6.36. The molecule has 0 saturated heterocycles. The summed E-state index contributed by atoms with van der Waals surface area (Å²) in [5, 5.41) is 7.38. The first-order valence-electron chi connectivity index (χ1n) is 9.08. The van der Waals surface area contributed by atoms with Crippen molar-refractivity contribution in [3.8, 4) is 5.75 Å². The Morgan fingerprint density at radius 3 is 2.68 bits per heavy atom. The smallest absolute Gasteiger partial charge is 0.227 e. The number of nitrogens with one attached hydrogen (secondary N) is 1. The van der Waals surface area contributed by atoms with Crippen LogP contribution in [0.2, 0.25) is 0 Å². The molecule has 1 N–H and O–H groups in total. The van der Waals surface area contributed by atoms with Gasteiger partial charge in [-0.05, 0) is 44.1 Å². The van der Waals surface area contributed by atoms with Crippen LogP contribution in [-0.2, 0) is 7.05 Å². The van der Waals surface area contributed by atoms with Gasteiger partial charge in [-0.3, -0.25) is 4.68 Å². The molecule has 0 amide bonds. The van der Waals surface area contributed by atoms with Gasteiger partial charge >= 0.3 is 0 Å². The molecular weight excluding hydrogens is 370 g/mol. The fraction of sp³-hybridized carbons (Fsp3) is 0.286. The van der Waals surface area contributed by atoms with Crippen LogP contribution in [0.15, 0.2) is 53.8 Å². The summed E-state index contributed by atoms with van der Waals surface area (Å²) in [5.74, 6) is 1.38. The number of benzene rings is 1. The molecule has 28 heavy (non-hydrogen) atoms. The van der Waals surface area contributed by atoms with Gasteiger partial charge in [-0.15, -0.1) is 11.8 Å². The van der Waals surface area contributed by atoms with E-state index in [1.807, 2.05) is 51.4 Å². The molecule has 146 valence electrons. The van der Waals surface area contributed by atoms with Crippen LogP contribution in [0.25, 0.3) is 5.57 Å². The number of hydrogen-bond donors (Lipinski definition) is 1. The van der Waals surface area contributed by atoms with Crippen molar-refractivity contribution in [3.63, 3.8) is 0 Å². The highest BCUT2D eigenvalue weighted by Gasteiger charge is 2.17. The summed E-state index contributed by atoms with van der Waals surface area (Å²) >= 11 is 1.69. The Bertz CT molecular complexity index is 980. The van der Waals surface area contributed by atoms with Gasteiger partial charge in [-0.1, -0.05) is 18.2 Å². The Hall–Kier alpha value is -2.80. The maximum Gasteiger partial charge on any atom is 0.227 e. The molecule has 2 aromatic heterocycles. The van der Waals surface area contributed by atoms with Crippen LogP contribution in [-0.4, -0.2) is 32.1 Å². The molecule has 6 nitrogen and oxygen atoms in total. The first-order chi connectivity index (χ1) is 13.5. The number of hydrogen-bond acceptors (Lipinski definition) is 6. The number of thioether (sulfide) groups is 1. The van der Waals surface area contributed by atoms with E-state index in [-0.39, 0.29) is 6.10 Å². The first kappa shape index (κ1) is 19.9. The molecule has 0 unspecified atom stereocenters. The maximum absolute atomic E-state index is 6.06. The van der Waals surface area contributed by atoms with Crippen molar-refractivity contribution in [2.45, 2.75) is 26.9 Å². The highest BCUT2D eigenvalue weighted by Crippen LogP contribution is 2.36. The van der Waals surface area contributed by atoms with E-state index in [4.69, 9.17) is 9.72 Å². The van der Waals surface area contributed by atoms with Crippen LogP contribution in [0.3, 0.4) is 0 Å². The summed E-state index contributed by atoms with van der Waals surface area (Å²) in [6.45, 7) is 6.16. The van der Waals surface area contributed by atoms with E-state index in [9.17, 15) is 0 Å². The maximum atomic E-state index is 6.06. The predicted octanol–water partition coefficient (Wildman–Crippen LogP) is 4.88. The Balaban J connectivity index is 2.04. The van der Waals surface area contributed by atoms with E-state index in [1.165, 1.54) is 0 Å². The van der Waals surface area contributed by atoms with E-state index < -0.39 is 0 Å². The van der Waals surface area contributed by atoms with Crippen molar-refractivity contribution in [2.24, 2.45) is 7.05 Å². The lowest BCUT2D eigenvalue weighted by atomic mass is 10.0. The molecule has 7 heteroatoms. The molecule has 0 spiro atoms. The molecule has 2 heterocycles. The van der Waals surface area contributed by atoms with Gasteiger partial charge in [0.2, 0.25) is 5.95 Å². The normalized spacial score (nSPS) is 12.1. The first-order valence-corrected chi connectivity index (χ1v) is 10.3. The van der Waals surface area contributed by atoms with E-state index in [1.54, 1.807) is 28.8 Å². The van der Waals surface area contributed by atoms with Gasteiger partial charge in [0, 0.05) is 30.6 Å². The molecule has 0 saturated carbocycles. The molecule has 0 radical (unpaired) electrons. The van der Waals surface area contributed by atoms with Gasteiger partial charge in [-0.25, -0.2) is 9.97 Å². The largest absolute Gasteiger partial charge is 0.490 e. The van der Waals surface area contributed by atoms with E-state index in [2.05, 4.69) is 34.6 Å². The van der Waals surface area contributed by atoms with Crippen molar-refractivity contribution in [1.29, 1.82) is 0 Å². The third kappa shape index (κ3) is 4.72. The van der Waals surface area contributed by atoms with Crippen LogP contribution >= 0.6 is 11.8 Å². The Labute approximate surface area is 170 Å². The average Bonchev–Trinajstić information content (AvgIpc) is 3.07. The van der Waals surface area contributed by atoms with Crippen LogP contribution in [0.5, 0.6) is 5.75 Å². The molecule has 3 rings (SSSR count). The standard InChI is InChI=1S/C21H25N5OS/c1-14(2)27-19-9-7-6-8-17(19)20(15(3)28-5)18-10-11-22-21(25-18)24-16-12-23-26(4)13-16/h6-14H,1-5H3,(H,22,24,25)/b20-15-. The molecule has 3 aromatic rings. The summed E-state index contributed by atoms with van der Waals surface area (Å²) in [7, 11) is 1.87. The van der Waals surface area contributed by atoms with E-state index in [0.29, 0.717) is 5.95 Å². The van der Waals surface area contributed by atoms with Crippen molar-refractivity contribution >= 4 is 29.0 Å². The molecule has 0 atom stereocenters. The molecule has 1 aromatic carbocycles. The quantitative estimate of drug-likeness (QED) is 0.615. The number of para-hydroxylation sites is 1. The second kappa shape index (κ2) is 8.93. The lowest BCUT2D eigenvalue weighted by Gasteiger charge is -2.18. The second-order valence-electron chi connectivity index (χ2n) is 6.59. The van der Waals surface area contributed by atoms with Gasteiger partial charge in [0.15, 0.2) is 0 Å². The highest BCUT2D eigenvalue weighted by atomic mass is 32.2. The average molecular weight is 396 g/mol. The molecule has 0 aliphatic carbocycles. The van der Waals surface area contributed by atoms with Gasteiger partial charge in [0.1, 0.15) is 5.75 Å². The van der Waals surface area contributed by atoms with Gasteiger partial charge in [0.05, 0.1) is 23.7 Å². The molecule has 0 fully saturated rings. The summed E-state index contributed by atoms with van der Waals surface area (Å²) in [6.07, 6.45) is 7.54. The molecular formula is C21H25N5OS. The van der Waals surface area contributed by atoms with E-state index >= 15 is 0 Å². The zero-order valence-electron chi connectivity index (χ0n) is 16.8. The lowest BCUT2D eigenvalue weighted by Crippen LogP contribution is -2.08. The van der Waals surface area contributed by atoms with Gasteiger partial charge < -0.3 is 10.1 Å². The predicted molar refractivity (Wildman–Crippen MR) is 116 cm³/mol. The minimum absolute atomic E-state index is 0.0881. The molecule has 0 bridgehead atoms. The van der Waals surface area contributed by atoms with Crippen LogP contribution in [0, 0.1) is 0 Å². The third-order valence-electron chi connectivity index (χ3n) is 4.05. The van der Waals surface area contributed by atoms with Gasteiger partial charge in [-0.2, -0.15) is 5.10 Å². The number of aromatic nitrogens is 4. The lowest BCUT2D eigenvalue weighted by molar-refractivity contribution is 0.242. The van der Waals surface area contributed by atoms with Crippen molar-refractivity contribution in [1.82, 2.24) is 19.7 Å². The summed E-state index contributed by atoms with van der Waals surface area (Å²) in [5.41, 5.74) is 3.75. The van der Waals surface area contributed by atoms with Crippen molar-refractivity contribution in [2.75, 3.05) is 11.6 Å². The zero-order chi connectivity index (χ0) is 20.1. The van der Waals surface area contributed by atoms with E-state index in [0.717, 1.165) is 33.2 Å². The summed E-state index contributed by atoms with van der Waals surface area (Å²) in [6, 6.07) is 10.0. The monoisotopic (exact) mass is 395 g/mol. The number of allylic oxidation sites excluding steroid dienone is 1. The fourth-order valence-corrected chi connectivity index (χ4v) is 3.23. The Morgan fingerprint density at radius 1 is 1.21 bits per heavy atom. The third-order valence-corrected chi connectivity index (χ3v) is 4.87. The van der Waals surface area contributed by atoms with Crippen LogP contribution < -0.4 is 10.1 Å². The number of ether oxygens (including phenoxy) is 1. The van der Waals surface area contributed by atoms with Crippen LogP contribution in [0.1, 0.15) is 32.0 Å². The van der Waals surface area contributed by atoms with Crippen molar-refractivity contribution < 1.29 is 4.74 Å². The van der Waals surface area contributed by atoms with Gasteiger partial charge in [0.25, 0.3) is 0 Å². The minimum Gasteiger partial charge on any atom is -0.490 e. The minimum atomic E-state index is 0.0881. The topological polar surface area (TPSA) is 64.9 Å². The Morgan fingerprint density at radius 2 is 2.00 bits per heavy atom. The van der Waals surface area contributed by atoms with Crippen LogP contribution in [0.4, 0.5) is 11.6 Å². The molecule has 0 aliphatic rings. The second-order valence-corrected chi connectivity index (χ2v) is 7.61. The number of aryl methyl sites for hydroxylation is 1. The summed E-state index contributed by atoms with van der Waals surface area (Å²) in [4.78, 5) is 10.3. The fourth-order valence-electron chi connectivity index (χ4n) is 2.81.